The van der Waals surface area contributed by atoms with Gasteiger partial charge in [0.05, 0.1) is 11.3 Å². The molecule has 1 rings (SSSR count). The van der Waals surface area contributed by atoms with Gasteiger partial charge in [0.25, 0.3) is 17.7 Å². The molecular weight excluding hydrogens is 568 g/mol. The van der Waals surface area contributed by atoms with Crippen LogP contribution in [0, 0.1) is 0 Å². The lowest BCUT2D eigenvalue weighted by Gasteiger charge is -2.40. The van der Waals surface area contributed by atoms with Crippen LogP contribution in [0.4, 0.5) is 0 Å². The zero-order chi connectivity index (χ0) is 35.6. The van der Waals surface area contributed by atoms with Crippen molar-refractivity contribution in [2.24, 2.45) is 11.5 Å². The van der Waals surface area contributed by atoms with Crippen molar-refractivity contribution in [3.8, 4) is 0 Å². The molecule has 7 N–H and O–H groups in total. The lowest BCUT2D eigenvalue weighted by atomic mass is 9.85. The highest BCUT2D eigenvalue weighted by Gasteiger charge is 2.35. The fourth-order valence-corrected chi connectivity index (χ4v) is 5.59. The Morgan fingerprint density at radius 2 is 0.844 bits per heavy atom. The molecule has 2 unspecified atom stereocenters. The van der Waals surface area contributed by atoms with Crippen LogP contribution in [0.15, 0.2) is 18.2 Å². The largest absolute Gasteiger partial charge is 0.347 e. The zero-order valence-electron chi connectivity index (χ0n) is 31.1. The molecule has 0 aliphatic carbocycles. The predicted molar refractivity (Wildman–Crippen MR) is 185 cm³/mol. The molecule has 1 aromatic rings. The Morgan fingerprint density at radius 1 is 0.533 bits per heavy atom. The highest BCUT2D eigenvalue weighted by atomic mass is 16.2. The van der Waals surface area contributed by atoms with Crippen LogP contribution in [0.2, 0.25) is 0 Å². The van der Waals surface area contributed by atoms with E-state index in [0.717, 1.165) is 0 Å². The van der Waals surface area contributed by atoms with Gasteiger partial charge in [-0.05, 0) is 136 Å². The Bertz CT molecular complexity index is 1050. The molecule has 3 amide bonds. The summed E-state index contributed by atoms with van der Waals surface area (Å²) in [4.78, 5) is 47.1. The highest BCUT2D eigenvalue weighted by molar-refractivity contribution is 6.05. The first-order chi connectivity index (χ1) is 19.9. The fourth-order valence-electron chi connectivity index (χ4n) is 5.59. The third kappa shape index (κ3) is 12.3. The standard InChI is InChI=1S/C34H64N8O3/c1-29(2,20-31(5,6)40(11)12)37-26(43)23-17-24(27(44)38-30(3,4)21-34(10,36)42(15)16)19-25(18-23)28(45)39-33(9,35)22-32(7,8)41(13)14/h17-19H,20-22,35-36H2,1-16H3,(H,37,43)(H,38,44)(H,39,45). The van der Waals surface area contributed by atoms with Gasteiger partial charge in [0.1, 0.15) is 0 Å². The first-order valence-electron chi connectivity index (χ1n) is 15.6. The van der Waals surface area contributed by atoms with Crippen molar-refractivity contribution in [3.05, 3.63) is 34.9 Å². The van der Waals surface area contributed by atoms with Crippen molar-refractivity contribution in [1.82, 2.24) is 30.7 Å². The van der Waals surface area contributed by atoms with Gasteiger partial charge in [0.15, 0.2) is 0 Å². The van der Waals surface area contributed by atoms with Crippen LogP contribution in [0.5, 0.6) is 0 Å². The van der Waals surface area contributed by atoms with Crippen LogP contribution in [0.25, 0.3) is 0 Å². The second kappa shape index (κ2) is 14.0. The molecule has 0 spiro atoms. The van der Waals surface area contributed by atoms with Gasteiger partial charge in [-0.25, -0.2) is 0 Å². The second-order valence-corrected chi connectivity index (χ2v) is 16.5. The van der Waals surface area contributed by atoms with E-state index in [9.17, 15) is 14.4 Å². The summed E-state index contributed by atoms with van der Waals surface area (Å²) in [5.41, 5.74) is 10.1. The molecule has 11 nitrogen and oxygen atoms in total. The van der Waals surface area contributed by atoms with E-state index in [4.69, 9.17) is 11.5 Å². The lowest BCUT2D eigenvalue weighted by molar-refractivity contribution is 0.0839. The molecule has 11 heteroatoms. The van der Waals surface area contributed by atoms with E-state index in [-0.39, 0.29) is 33.7 Å². The van der Waals surface area contributed by atoms with Crippen LogP contribution in [-0.4, -0.2) is 108 Å². The zero-order valence-corrected chi connectivity index (χ0v) is 31.1. The molecule has 0 saturated heterocycles. The summed E-state index contributed by atoms with van der Waals surface area (Å²) in [5.74, 6) is -1.29. The molecular formula is C34H64N8O3. The van der Waals surface area contributed by atoms with E-state index >= 15 is 0 Å². The third-order valence-corrected chi connectivity index (χ3v) is 8.94. The van der Waals surface area contributed by atoms with Crippen molar-refractivity contribution >= 4 is 17.7 Å². The Hall–Kier alpha value is -2.57. The number of benzene rings is 1. The number of rotatable bonds is 15. The average molecular weight is 633 g/mol. The summed E-state index contributed by atoms with van der Waals surface area (Å²) in [6.07, 6.45) is 1.58. The van der Waals surface area contributed by atoms with Crippen LogP contribution in [0.1, 0.15) is 120 Å². The average Bonchev–Trinajstić information content (AvgIpc) is 2.80. The molecule has 1 aromatic carbocycles. The SMILES string of the molecule is CN(C)C(C)(C)CC(C)(C)NC(=O)c1cc(C(=O)NC(C)(C)CC(C)(N)N(C)C)cc(C(=O)NC(C)(N)CC(C)(C)N(C)C)c1. The minimum absolute atomic E-state index is 0.160. The second-order valence-electron chi connectivity index (χ2n) is 16.5. The van der Waals surface area contributed by atoms with Crippen molar-refractivity contribution in [2.45, 2.75) is 122 Å². The lowest BCUT2D eigenvalue weighted by Crippen LogP contribution is -2.59. The molecule has 45 heavy (non-hydrogen) atoms. The van der Waals surface area contributed by atoms with Gasteiger partial charge in [0, 0.05) is 51.7 Å². The van der Waals surface area contributed by atoms with Crippen molar-refractivity contribution in [3.63, 3.8) is 0 Å². The maximum absolute atomic E-state index is 13.7. The minimum Gasteiger partial charge on any atom is -0.347 e. The molecule has 0 bridgehead atoms. The molecule has 258 valence electrons. The van der Waals surface area contributed by atoms with Gasteiger partial charge in [-0.2, -0.15) is 0 Å². The number of carbonyl (C=O) groups is 3. The Morgan fingerprint density at radius 3 is 1.18 bits per heavy atom. The number of nitrogens with one attached hydrogen (secondary N) is 3. The van der Waals surface area contributed by atoms with E-state index in [1.54, 1.807) is 6.92 Å². The first kappa shape index (κ1) is 40.5. The molecule has 0 radical (unpaired) electrons. The number of nitrogens with two attached hydrogens (primary N) is 2. The molecule has 2 atom stereocenters. The van der Waals surface area contributed by atoms with Gasteiger partial charge in [0.2, 0.25) is 0 Å². The topological polar surface area (TPSA) is 149 Å². The minimum atomic E-state index is -1.06. The summed E-state index contributed by atoms with van der Waals surface area (Å²) in [5, 5.41) is 9.09. The molecule has 0 fully saturated rings. The molecule has 0 saturated carbocycles. The van der Waals surface area contributed by atoms with Crippen LogP contribution in [0.3, 0.4) is 0 Å². The molecule has 0 aromatic heterocycles. The third-order valence-electron chi connectivity index (χ3n) is 8.94. The monoisotopic (exact) mass is 633 g/mol. The van der Waals surface area contributed by atoms with Gasteiger partial charge in [-0.1, -0.05) is 0 Å². The normalized spacial score (nSPS) is 15.9. The van der Waals surface area contributed by atoms with Gasteiger partial charge >= 0.3 is 0 Å². The first-order valence-corrected chi connectivity index (χ1v) is 15.6. The van der Waals surface area contributed by atoms with Crippen molar-refractivity contribution in [1.29, 1.82) is 0 Å². The molecule has 0 heterocycles. The highest BCUT2D eigenvalue weighted by Crippen LogP contribution is 2.26. The molecule has 0 aliphatic rings. The van der Waals surface area contributed by atoms with Gasteiger partial charge < -0.3 is 37.2 Å². The number of amides is 3. The Balaban J connectivity index is 3.54. The number of nitrogens with zero attached hydrogens (tertiary/aromatic N) is 3. The maximum Gasteiger partial charge on any atom is 0.252 e. The number of carbonyl (C=O) groups excluding carboxylic acids is 3. The van der Waals surface area contributed by atoms with Gasteiger partial charge in [-0.15, -0.1) is 0 Å². The fraction of sp³-hybridized carbons (Fsp3) is 0.735. The van der Waals surface area contributed by atoms with E-state index < -0.39 is 34.2 Å². The van der Waals surface area contributed by atoms with E-state index in [2.05, 4.69) is 34.7 Å². The van der Waals surface area contributed by atoms with Gasteiger partial charge in [-0.3, -0.25) is 19.3 Å². The smallest absolute Gasteiger partial charge is 0.252 e. The number of hydrogen-bond acceptors (Lipinski definition) is 8. The summed E-state index contributed by atoms with van der Waals surface area (Å²) in [7, 11) is 11.7. The van der Waals surface area contributed by atoms with Crippen LogP contribution >= 0.6 is 0 Å². The van der Waals surface area contributed by atoms with E-state index in [0.29, 0.717) is 19.3 Å². The predicted octanol–water partition coefficient (Wildman–Crippen LogP) is 3.20. The van der Waals surface area contributed by atoms with E-state index in [1.165, 1.54) is 18.2 Å². The quantitative estimate of drug-likeness (QED) is 0.185. The van der Waals surface area contributed by atoms with Crippen LogP contribution < -0.4 is 27.4 Å². The van der Waals surface area contributed by atoms with Crippen LogP contribution in [-0.2, 0) is 0 Å². The Labute approximate surface area is 273 Å². The summed E-state index contributed by atoms with van der Waals surface area (Å²) in [6.45, 7) is 19.7. The van der Waals surface area contributed by atoms with Crippen molar-refractivity contribution < 1.29 is 14.4 Å². The summed E-state index contributed by atoms with van der Waals surface area (Å²) in [6, 6.07) is 4.53. The summed E-state index contributed by atoms with van der Waals surface area (Å²) >= 11 is 0. The van der Waals surface area contributed by atoms with Crippen molar-refractivity contribution in [2.75, 3.05) is 42.3 Å². The maximum atomic E-state index is 13.7. The number of hydrogen-bond donors (Lipinski definition) is 5. The summed E-state index contributed by atoms with van der Waals surface area (Å²) < 4.78 is 0. The molecule has 0 aliphatic heterocycles. The van der Waals surface area contributed by atoms with E-state index in [1.807, 2.05) is 101 Å². The Kier molecular flexibility index (Phi) is 12.6.